The maximum absolute atomic E-state index is 11.7. The van der Waals surface area contributed by atoms with Crippen LogP contribution in [0.2, 0.25) is 0 Å². The Morgan fingerprint density at radius 2 is 2.24 bits per heavy atom. The number of amides is 2. The molecule has 0 aromatic rings. The van der Waals surface area contributed by atoms with Crippen molar-refractivity contribution < 1.29 is 14.6 Å². The van der Waals surface area contributed by atoms with E-state index >= 15 is 0 Å². The molecule has 2 unspecified atom stereocenters. The molecule has 5 heteroatoms. The second kappa shape index (κ2) is 5.23. The number of aliphatic hydroxyl groups is 1. The van der Waals surface area contributed by atoms with Crippen molar-refractivity contribution in [3.05, 3.63) is 0 Å². The molecule has 2 aliphatic rings. The van der Waals surface area contributed by atoms with Gasteiger partial charge in [-0.3, -0.25) is 0 Å². The molecule has 1 heterocycles. The van der Waals surface area contributed by atoms with Gasteiger partial charge < -0.3 is 20.5 Å². The predicted octanol–water partition coefficient (Wildman–Crippen LogP) is 0.626. The molecule has 1 saturated carbocycles. The topological polar surface area (TPSA) is 70.6 Å². The number of ether oxygens (including phenoxy) is 1. The van der Waals surface area contributed by atoms with E-state index in [0.29, 0.717) is 12.5 Å². The van der Waals surface area contributed by atoms with E-state index < -0.39 is 5.54 Å². The van der Waals surface area contributed by atoms with Crippen molar-refractivity contribution in [1.29, 1.82) is 0 Å². The van der Waals surface area contributed by atoms with E-state index in [2.05, 4.69) is 10.6 Å². The Bertz CT molecular complexity index is 275. The zero-order valence-electron chi connectivity index (χ0n) is 10.4. The number of rotatable bonds is 5. The Balaban J connectivity index is 1.71. The van der Waals surface area contributed by atoms with Gasteiger partial charge in [0.1, 0.15) is 0 Å². The fourth-order valence-electron chi connectivity index (χ4n) is 2.31. The van der Waals surface area contributed by atoms with Gasteiger partial charge in [0.2, 0.25) is 0 Å². The first-order valence-corrected chi connectivity index (χ1v) is 6.42. The molecule has 1 aliphatic carbocycles. The number of carbonyl (C=O) groups is 1. The highest BCUT2D eigenvalue weighted by atomic mass is 16.5. The van der Waals surface area contributed by atoms with Gasteiger partial charge in [-0.15, -0.1) is 0 Å². The molecule has 0 aromatic carbocycles. The van der Waals surface area contributed by atoms with Gasteiger partial charge in [-0.25, -0.2) is 4.79 Å². The van der Waals surface area contributed by atoms with E-state index in [0.717, 1.165) is 32.3 Å². The van der Waals surface area contributed by atoms with E-state index in [-0.39, 0.29) is 18.7 Å². The summed E-state index contributed by atoms with van der Waals surface area (Å²) in [7, 11) is 0. The predicted molar refractivity (Wildman–Crippen MR) is 63.7 cm³/mol. The van der Waals surface area contributed by atoms with Crippen LogP contribution in [0.15, 0.2) is 0 Å². The Hall–Kier alpha value is -0.810. The minimum Gasteiger partial charge on any atom is -0.394 e. The summed E-state index contributed by atoms with van der Waals surface area (Å²) in [4.78, 5) is 11.7. The summed E-state index contributed by atoms with van der Waals surface area (Å²) in [6, 6.07) is -0.205. The quantitative estimate of drug-likeness (QED) is 0.662. The van der Waals surface area contributed by atoms with Crippen molar-refractivity contribution in [3.63, 3.8) is 0 Å². The zero-order valence-corrected chi connectivity index (χ0v) is 10.4. The lowest BCUT2D eigenvalue weighted by molar-refractivity contribution is 0.109. The minimum atomic E-state index is -0.472. The van der Waals surface area contributed by atoms with E-state index in [4.69, 9.17) is 4.74 Å². The molecular formula is C12H22N2O3. The van der Waals surface area contributed by atoms with Gasteiger partial charge in [0.25, 0.3) is 0 Å². The summed E-state index contributed by atoms with van der Waals surface area (Å²) in [5.74, 6) is 0.418. The number of hydrogen-bond donors (Lipinski definition) is 3. The van der Waals surface area contributed by atoms with Crippen LogP contribution in [-0.2, 0) is 4.74 Å². The number of nitrogens with one attached hydrogen (secondary N) is 2. The van der Waals surface area contributed by atoms with Crippen LogP contribution in [0.1, 0.15) is 32.6 Å². The van der Waals surface area contributed by atoms with Crippen molar-refractivity contribution in [1.82, 2.24) is 10.6 Å². The van der Waals surface area contributed by atoms with Gasteiger partial charge in [-0.1, -0.05) is 0 Å². The van der Waals surface area contributed by atoms with Crippen LogP contribution in [0.3, 0.4) is 0 Å². The molecule has 5 nitrogen and oxygen atoms in total. The van der Waals surface area contributed by atoms with Crippen LogP contribution in [0, 0.1) is 5.92 Å². The van der Waals surface area contributed by atoms with Crippen molar-refractivity contribution in [2.75, 3.05) is 19.8 Å². The monoisotopic (exact) mass is 242 g/mol. The molecule has 2 rings (SSSR count). The maximum atomic E-state index is 11.7. The number of hydrogen-bond acceptors (Lipinski definition) is 3. The van der Waals surface area contributed by atoms with E-state index in [1.807, 2.05) is 6.92 Å². The second-order valence-corrected chi connectivity index (χ2v) is 5.32. The van der Waals surface area contributed by atoms with Gasteiger partial charge in [-0.05, 0) is 38.5 Å². The molecule has 1 aliphatic heterocycles. The normalized spacial score (nSPS) is 27.5. The summed E-state index contributed by atoms with van der Waals surface area (Å²) in [5, 5.41) is 15.0. The van der Waals surface area contributed by atoms with Gasteiger partial charge in [0, 0.05) is 13.2 Å². The fourth-order valence-corrected chi connectivity index (χ4v) is 2.31. The molecule has 0 radical (unpaired) electrons. The third kappa shape index (κ3) is 3.33. The molecule has 2 atom stereocenters. The molecule has 98 valence electrons. The van der Waals surface area contributed by atoms with Crippen LogP contribution in [0.4, 0.5) is 4.79 Å². The van der Waals surface area contributed by atoms with E-state index in [1.165, 1.54) is 0 Å². The van der Waals surface area contributed by atoms with Crippen LogP contribution in [0.25, 0.3) is 0 Å². The minimum absolute atomic E-state index is 0.00891. The molecule has 17 heavy (non-hydrogen) atoms. The van der Waals surface area contributed by atoms with Crippen molar-refractivity contribution in [3.8, 4) is 0 Å². The van der Waals surface area contributed by atoms with Gasteiger partial charge in [0.15, 0.2) is 0 Å². The Labute approximate surface area is 102 Å². The zero-order chi connectivity index (χ0) is 12.3. The fraction of sp³-hybridized carbons (Fsp3) is 0.917. The first kappa shape index (κ1) is 12.6. The highest BCUT2D eigenvalue weighted by Crippen LogP contribution is 2.39. The average molecular weight is 242 g/mol. The summed E-state index contributed by atoms with van der Waals surface area (Å²) < 4.78 is 5.43. The van der Waals surface area contributed by atoms with Crippen LogP contribution in [-0.4, -0.2) is 42.5 Å². The average Bonchev–Trinajstić information content (AvgIpc) is 3.05. The maximum Gasteiger partial charge on any atom is 0.315 e. The Morgan fingerprint density at radius 1 is 1.47 bits per heavy atom. The highest BCUT2D eigenvalue weighted by molar-refractivity contribution is 5.74. The largest absolute Gasteiger partial charge is 0.394 e. The lowest BCUT2D eigenvalue weighted by Crippen LogP contribution is -2.54. The second-order valence-electron chi connectivity index (χ2n) is 5.32. The first-order chi connectivity index (χ1) is 8.14. The lowest BCUT2D eigenvalue weighted by Gasteiger charge is -2.29. The third-order valence-electron chi connectivity index (χ3n) is 3.72. The van der Waals surface area contributed by atoms with Gasteiger partial charge in [-0.2, -0.15) is 0 Å². The van der Waals surface area contributed by atoms with Crippen LogP contribution in [0.5, 0.6) is 0 Å². The standard InChI is InChI=1S/C12H22N2O3/c1-12(8-15,9-4-5-9)14-11(16)13-7-10-3-2-6-17-10/h9-10,15H,2-8H2,1H3,(H2,13,14,16). The molecule has 2 fully saturated rings. The Morgan fingerprint density at radius 3 is 2.76 bits per heavy atom. The molecule has 2 amide bonds. The lowest BCUT2D eigenvalue weighted by atomic mass is 9.97. The van der Waals surface area contributed by atoms with Gasteiger partial charge in [0.05, 0.1) is 18.2 Å². The van der Waals surface area contributed by atoms with E-state index in [9.17, 15) is 9.90 Å². The SMILES string of the molecule is CC(CO)(NC(=O)NCC1CCCO1)C1CC1. The summed E-state index contributed by atoms with van der Waals surface area (Å²) in [6.45, 7) is 3.24. The molecule has 1 saturated heterocycles. The molecular weight excluding hydrogens is 220 g/mol. The van der Waals surface area contributed by atoms with Crippen LogP contribution >= 0.6 is 0 Å². The van der Waals surface area contributed by atoms with Crippen molar-refractivity contribution in [2.45, 2.75) is 44.2 Å². The van der Waals surface area contributed by atoms with Crippen molar-refractivity contribution >= 4 is 6.03 Å². The number of aliphatic hydroxyl groups excluding tert-OH is 1. The summed E-state index contributed by atoms with van der Waals surface area (Å²) >= 11 is 0. The molecule has 0 spiro atoms. The molecule has 0 aromatic heterocycles. The van der Waals surface area contributed by atoms with Gasteiger partial charge >= 0.3 is 6.03 Å². The Kier molecular flexibility index (Phi) is 3.89. The van der Waals surface area contributed by atoms with E-state index in [1.54, 1.807) is 0 Å². The number of carbonyl (C=O) groups excluding carboxylic acids is 1. The highest BCUT2D eigenvalue weighted by Gasteiger charge is 2.42. The molecule has 0 bridgehead atoms. The summed E-state index contributed by atoms with van der Waals surface area (Å²) in [5.41, 5.74) is -0.472. The first-order valence-electron chi connectivity index (χ1n) is 6.42. The molecule has 3 N–H and O–H groups in total. The van der Waals surface area contributed by atoms with Crippen LogP contribution < -0.4 is 10.6 Å². The van der Waals surface area contributed by atoms with Crippen molar-refractivity contribution in [2.24, 2.45) is 5.92 Å². The number of urea groups is 1. The summed E-state index contributed by atoms with van der Waals surface area (Å²) in [6.07, 6.45) is 4.42. The smallest absolute Gasteiger partial charge is 0.315 e. The third-order valence-corrected chi connectivity index (χ3v) is 3.72.